The van der Waals surface area contributed by atoms with Crippen LogP contribution in [0.15, 0.2) is 39.9 Å². The van der Waals surface area contributed by atoms with Gasteiger partial charge in [0, 0.05) is 6.07 Å². The molecule has 0 aliphatic carbocycles. The number of nitrogens with one attached hydrogen (secondary N) is 1. The summed E-state index contributed by atoms with van der Waals surface area (Å²) in [5.74, 6) is 0.974. The first-order chi connectivity index (χ1) is 14.1. The van der Waals surface area contributed by atoms with Crippen LogP contribution in [0.25, 0.3) is 0 Å². The monoisotopic (exact) mass is 489 g/mol. The van der Waals surface area contributed by atoms with Crippen molar-refractivity contribution < 1.29 is 27.6 Å². The third kappa shape index (κ3) is 5.85. The van der Waals surface area contributed by atoms with Crippen LogP contribution in [0.2, 0.25) is 0 Å². The molecule has 0 amide bonds. The first kappa shape index (κ1) is 23.5. The van der Waals surface area contributed by atoms with Gasteiger partial charge in [-0.1, -0.05) is 6.92 Å². The summed E-state index contributed by atoms with van der Waals surface area (Å²) >= 11 is 3.41. The van der Waals surface area contributed by atoms with E-state index in [9.17, 15) is 23.3 Å². The number of methoxy groups -OCH3 is 1. The number of halogens is 4. The highest BCUT2D eigenvalue weighted by Gasteiger charge is 2.33. The van der Waals surface area contributed by atoms with Crippen LogP contribution < -0.4 is 14.9 Å². The Bertz CT molecular complexity index is 951. The SMILES string of the molecule is CC[C@H](C)Oc1c(Br)cc(/C=N\Nc2ccc(C(F)(F)F)cc2[N+](=O)[O-])cc1OC. The van der Waals surface area contributed by atoms with Crippen molar-refractivity contribution in [1.29, 1.82) is 0 Å². The lowest BCUT2D eigenvalue weighted by Crippen LogP contribution is -2.11. The van der Waals surface area contributed by atoms with Gasteiger partial charge in [-0.05, 0) is 59.1 Å². The molecular formula is C19H19BrF3N3O4. The van der Waals surface area contributed by atoms with E-state index in [2.05, 4.69) is 26.5 Å². The Morgan fingerprint density at radius 3 is 2.60 bits per heavy atom. The third-order valence-electron chi connectivity index (χ3n) is 4.07. The van der Waals surface area contributed by atoms with Gasteiger partial charge >= 0.3 is 6.18 Å². The molecule has 0 unspecified atom stereocenters. The molecule has 7 nitrogen and oxygen atoms in total. The highest BCUT2D eigenvalue weighted by Crippen LogP contribution is 2.37. The average molecular weight is 490 g/mol. The molecule has 0 bridgehead atoms. The Kier molecular flexibility index (Phi) is 7.65. The Hall–Kier alpha value is -2.82. The van der Waals surface area contributed by atoms with E-state index in [1.807, 2.05) is 13.8 Å². The Labute approximate surface area is 179 Å². The Balaban J connectivity index is 2.27. The molecule has 0 heterocycles. The quantitative estimate of drug-likeness (QED) is 0.278. The summed E-state index contributed by atoms with van der Waals surface area (Å²) < 4.78 is 50.1. The minimum atomic E-state index is -4.69. The number of benzene rings is 2. The summed E-state index contributed by atoms with van der Waals surface area (Å²) in [4.78, 5) is 10.2. The minimum absolute atomic E-state index is 0.0309. The van der Waals surface area contributed by atoms with Gasteiger partial charge in [0.05, 0.1) is 34.4 Å². The Morgan fingerprint density at radius 1 is 1.33 bits per heavy atom. The van der Waals surface area contributed by atoms with E-state index >= 15 is 0 Å². The molecule has 0 aliphatic rings. The van der Waals surface area contributed by atoms with Crippen molar-refractivity contribution in [2.75, 3.05) is 12.5 Å². The normalized spacial score (nSPS) is 12.6. The molecule has 0 radical (unpaired) electrons. The maximum atomic E-state index is 12.8. The van der Waals surface area contributed by atoms with Crippen molar-refractivity contribution in [3.05, 3.63) is 56.0 Å². The van der Waals surface area contributed by atoms with Gasteiger partial charge in [0.1, 0.15) is 5.69 Å². The van der Waals surface area contributed by atoms with Crippen LogP contribution in [0, 0.1) is 10.1 Å². The molecule has 30 heavy (non-hydrogen) atoms. The van der Waals surface area contributed by atoms with Crippen LogP contribution in [0.4, 0.5) is 24.5 Å². The van der Waals surface area contributed by atoms with E-state index in [0.717, 1.165) is 18.6 Å². The predicted molar refractivity (Wildman–Crippen MR) is 110 cm³/mol. The molecule has 0 spiro atoms. The summed E-state index contributed by atoms with van der Waals surface area (Å²) in [5, 5.41) is 15.0. The molecule has 1 atom stereocenters. The fourth-order valence-corrected chi connectivity index (χ4v) is 2.90. The molecule has 162 valence electrons. The molecular weight excluding hydrogens is 471 g/mol. The van der Waals surface area contributed by atoms with Crippen molar-refractivity contribution in [2.45, 2.75) is 32.5 Å². The van der Waals surface area contributed by atoms with Crippen molar-refractivity contribution >= 4 is 33.5 Å². The van der Waals surface area contributed by atoms with E-state index in [1.54, 1.807) is 12.1 Å². The zero-order valence-corrected chi connectivity index (χ0v) is 17.9. The first-order valence-corrected chi connectivity index (χ1v) is 9.55. The van der Waals surface area contributed by atoms with E-state index in [0.29, 0.717) is 27.6 Å². The number of hydrazone groups is 1. The Morgan fingerprint density at radius 2 is 2.03 bits per heavy atom. The lowest BCUT2D eigenvalue weighted by molar-refractivity contribution is -0.384. The van der Waals surface area contributed by atoms with Gasteiger partial charge in [0.2, 0.25) is 0 Å². The van der Waals surface area contributed by atoms with Gasteiger partial charge < -0.3 is 9.47 Å². The number of hydrogen-bond donors (Lipinski definition) is 1. The third-order valence-corrected chi connectivity index (χ3v) is 4.66. The maximum Gasteiger partial charge on any atom is 0.416 e. The molecule has 2 aromatic rings. The number of anilines is 1. The lowest BCUT2D eigenvalue weighted by atomic mass is 10.1. The zero-order chi connectivity index (χ0) is 22.5. The average Bonchev–Trinajstić information content (AvgIpc) is 2.68. The van der Waals surface area contributed by atoms with Gasteiger partial charge in [0.15, 0.2) is 11.5 Å². The highest BCUT2D eigenvalue weighted by molar-refractivity contribution is 9.10. The minimum Gasteiger partial charge on any atom is -0.493 e. The second kappa shape index (κ2) is 9.79. The van der Waals surface area contributed by atoms with Gasteiger partial charge in [-0.2, -0.15) is 18.3 Å². The van der Waals surface area contributed by atoms with Crippen LogP contribution in [-0.2, 0) is 6.18 Å². The summed E-state index contributed by atoms with van der Waals surface area (Å²) in [5.41, 5.74) is 0.946. The molecule has 2 aromatic carbocycles. The molecule has 0 aliphatic heterocycles. The smallest absolute Gasteiger partial charge is 0.416 e. The largest absolute Gasteiger partial charge is 0.493 e. The van der Waals surface area contributed by atoms with E-state index in [1.165, 1.54) is 13.3 Å². The molecule has 2 rings (SSSR count). The second-order valence-corrected chi connectivity index (χ2v) is 7.08. The van der Waals surface area contributed by atoms with Crippen LogP contribution in [-0.4, -0.2) is 24.4 Å². The van der Waals surface area contributed by atoms with Crippen molar-refractivity contribution in [3.8, 4) is 11.5 Å². The molecule has 0 saturated heterocycles. The number of nitro groups is 1. The van der Waals surface area contributed by atoms with Crippen LogP contribution >= 0.6 is 15.9 Å². The lowest BCUT2D eigenvalue weighted by Gasteiger charge is -2.17. The number of rotatable bonds is 8. The molecule has 0 aromatic heterocycles. The first-order valence-electron chi connectivity index (χ1n) is 8.75. The molecule has 0 saturated carbocycles. The highest BCUT2D eigenvalue weighted by atomic mass is 79.9. The van der Waals surface area contributed by atoms with Crippen LogP contribution in [0.1, 0.15) is 31.4 Å². The van der Waals surface area contributed by atoms with Gasteiger partial charge in [-0.3, -0.25) is 15.5 Å². The fourth-order valence-electron chi connectivity index (χ4n) is 2.34. The van der Waals surface area contributed by atoms with Crippen molar-refractivity contribution in [2.24, 2.45) is 5.10 Å². The standard InChI is InChI=1S/C19H19BrF3N3O4/c1-4-11(2)30-18-14(20)7-12(8-17(18)29-3)10-24-25-15-6-5-13(19(21,22)23)9-16(15)26(27)28/h5-11,25H,4H2,1-3H3/b24-10-/t11-/m0/s1. The van der Waals surface area contributed by atoms with E-state index in [4.69, 9.17) is 9.47 Å². The fraction of sp³-hybridized carbons (Fsp3) is 0.316. The topological polar surface area (TPSA) is 86.0 Å². The van der Waals surface area contributed by atoms with Gasteiger partial charge in [-0.25, -0.2) is 0 Å². The number of hydrogen-bond acceptors (Lipinski definition) is 6. The summed E-state index contributed by atoms with van der Waals surface area (Å²) in [7, 11) is 1.48. The molecule has 1 N–H and O–H groups in total. The number of ether oxygens (including phenoxy) is 2. The van der Waals surface area contributed by atoms with Gasteiger partial charge in [0.25, 0.3) is 5.69 Å². The summed E-state index contributed by atoms with van der Waals surface area (Å²) in [6.45, 7) is 3.90. The van der Waals surface area contributed by atoms with Crippen LogP contribution in [0.5, 0.6) is 11.5 Å². The summed E-state index contributed by atoms with van der Waals surface area (Å²) in [6.07, 6.45) is -2.57. The van der Waals surface area contributed by atoms with Gasteiger partial charge in [-0.15, -0.1) is 0 Å². The van der Waals surface area contributed by atoms with Crippen LogP contribution in [0.3, 0.4) is 0 Å². The van der Waals surface area contributed by atoms with Crippen molar-refractivity contribution in [3.63, 3.8) is 0 Å². The second-order valence-electron chi connectivity index (χ2n) is 6.23. The van der Waals surface area contributed by atoms with E-state index in [-0.39, 0.29) is 11.8 Å². The predicted octanol–water partition coefficient (Wildman–Crippen LogP) is 6.01. The summed E-state index contributed by atoms with van der Waals surface area (Å²) in [6, 6.07) is 5.50. The molecule has 0 fully saturated rings. The maximum absolute atomic E-state index is 12.8. The zero-order valence-electron chi connectivity index (χ0n) is 16.3. The van der Waals surface area contributed by atoms with Crippen molar-refractivity contribution in [1.82, 2.24) is 0 Å². The van der Waals surface area contributed by atoms with E-state index < -0.39 is 22.4 Å². The molecule has 11 heteroatoms. The number of nitrogens with zero attached hydrogens (tertiary/aromatic N) is 2. The number of alkyl halides is 3. The number of nitro benzene ring substituents is 1.